The van der Waals surface area contributed by atoms with Gasteiger partial charge in [-0.2, -0.15) is 0 Å². The molecule has 0 unspecified atom stereocenters. The molecule has 102 valence electrons. The molecule has 1 aliphatic rings. The zero-order valence-electron chi connectivity index (χ0n) is 10.5. The standard InChI is InChI=1S/C13H16N2O4/c1-2-9(14)12(17)15-10-4-3-8(16)5-7(10)6-11(15)13(18)19/h3-5,9,11,16H,2,6,14H2,1H3,(H,18,19)/t9-,11-/m0/s1. The molecule has 0 saturated heterocycles. The Labute approximate surface area is 110 Å². The minimum absolute atomic E-state index is 0.0528. The van der Waals surface area contributed by atoms with Gasteiger partial charge in [0.05, 0.1) is 6.04 Å². The van der Waals surface area contributed by atoms with E-state index in [0.717, 1.165) is 0 Å². The first-order valence-corrected chi connectivity index (χ1v) is 6.09. The van der Waals surface area contributed by atoms with Crippen LogP contribution in [0.3, 0.4) is 0 Å². The van der Waals surface area contributed by atoms with Crippen LogP contribution in [0.1, 0.15) is 18.9 Å². The van der Waals surface area contributed by atoms with E-state index in [4.69, 9.17) is 5.73 Å². The van der Waals surface area contributed by atoms with E-state index in [1.54, 1.807) is 13.0 Å². The molecule has 1 aliphatic heterocycles. The van der Waals surface area contributed by atoms with Crippen LogP contribution in [0.2, 0.25) is 0 Å². The van der Waals surface area contributed by atoms with Crippen LogP contribution in [-0.2, 0) is 16.0 Å². The molecule has 2 atom stereocenters. The highest BCUT2D eigenvalue weighted by molar-refractivity contribution is 6.04. The molecule has 1 amide bonds. The number of carboxylic acid groups (broad SMARTS) is 1. The summed E-state index contributed by atoms with van der Waals surface area (Å²) >= 11 is 0. The van der Waals surface area contributed by atoms with E-state index >= 15 is 0 Å². The molecule has 0 saturated carbocycles. The maximum absolute atomic E-state index is 12.2. The fraction of sp³-hybridized carbons (Fsp3) is 0.385. The Kier molecular flexibility index (Phi) is 3.44. The van der Waals surface area contributed by atoms with Crippen molar-refractivity contribution in [2.45, 2.75) is 31.8 Å². The number of carbonyl (C=O) groups excluding carboxylic acids is 1. The molecular weight excluding hydrogens is 248 g/mol. The fourth-order valence-electron chi connectivity index (χ4n) is 2.26. The molecule has 0 fully saturated rings. The monoisotopic (exact) mass is 264 g/mol. The number of benzene rings is 1. The minimum Gasteiger partial charge on any atom is -0.508 e. The molecule has 2 rings (SSSR count). The van der Waals surface area contributed by atoms with Gasteiger partial charge in [0.2, 0.25) is 5.91 Å². The number of phenolic OH excluding ortho intramolecular Hbond substituents is 1. The van der Waals surface area contributed by atoms with Gasteiger partial charge in [-0.3, -0.25) is 9.69 Å². The number of amides is 1. The van der Waals surface area contributed by atoms with Gasteiger partial charge in [-0.25, -0.2) is 4.79 Å². The van der Waals surface area contributed by atoms with E-state index in [-0.39, 0.29) is 12.2 Å². The average Bonchev–Trinajstić information content (AvgIpc) is 2.75. The molecule has 1 aromatic carbocycles. The number of anilines is 1. The second-order valence-corrected chi connectivity index (χ2v) is 4.59. The van der Waals surface area contributed by atoms with Gasteiger partial charge in [0.1, 0.15) is 11.8 Å². The number of fused-ring (bicyclic) bond motifs is 1. The molecule has 19 heavy (non-hydrogen) atoms. The summed E-state index contributed by atoms with van der Waals surface area (Å²) in [5.41, 5.74) is 6.87. The van der Waals surface area contributed by atoms with E-state index in [9.17, 15) is 19.8 Å². The number of nitrogens with two attached hydrogens (primary N) is 1. The van der Waals surface area contributed by atoms with Crippen molar-refractivity contribution >= 4 is 17.6 Å². The summed E-state index contributed by atoms with van der Waals surface area (Å²) in [7, 11) is 0. The summed E-state index contributed by atoms with van der Waals surface area (Å²) < 4.78 is 0. The van der Waals surface area contributed by atoms with Crippen LogP contribution in [0.25, 0.3) is 0 Å². The van der Waals surface area contributed by atoms with Gasteiger partial charge in [0, 0.05) is 12.1 Å². The molecule has 0 radical (unpaired) electrons. The number of carboxylic acids is 1. The van der Waals surface area contributed by atoms with Crippen molar-refractivity contribution in [3.8, 4) is 5.75 Å². The van der Waals surface area contributed by atoms with Gasteiger partial charge >= 0.3 is 5.97 Å². The lowest BCUT2D eigenvalue weighted by Crippen LogP contribution is -2.49. The third kappa shape index (κ3) is 2.26. The number of hydrogen-bond donors (Lipinski definition) is 3. The number of rotatable bonds is 3. The van der Waals surface area contributed by atoms with E-state index in [2.05, 4.69) is 0 Å². The number of hydrogen-bond acceptors (Lipinski definition) is 4. The van der Waals surface area contributed by atoms with Gasteiger partial charge in [-0.05, 0) is 30.2 Å². The Hall–Kier alpha value is -2.08. The van der Waals surface area contributed by atoms with Crippen molar-refractivity contribution < 1.29 is 19.8 Å². The van der Waals surface area contributed by atoms with E-state index in [1.807, 2.05) is 0 Å². The van der Waals surface area contributed by atoms with Gasteiger partial charge in [0.15, 0.2) is 0 Å². The Morgan fingerprint density at radius 2 is 2.21 bits per heavy atom. The molecule has 0 bridgehead atoms. The summed E-state index contributed by atoms with van der Waals surface area (Å²) in [6.07, 6.45) is 0.621. The molecule has 1 heterocycles. The van der Waals surface area contributed by atoms with E-state index in [0.29, 0.717) is 17.7 Å². The van der Waals surface area contributed by atoms with Crippen LogP contribution in [0.15, 0.2) is 18.2 Å². The summed E-state index contributed by atoms with van der Waals surface area (Å²) in [6, 6.07) is 2.79. The number of nitrogens with zero attached hydrogens (tertiary/aromatic N) is 1. The number of aliphatic carboxylic acids is 1. The SMILES string of the molecule is CC[C@H](N)C(=O)N1c2ccc(O)cc2C[C@H]1C(=O)O. The third-order valence-corrected chi connectivity index (χ3v) is 3.33. The molecule has 0 spiro atoms. The molecule has 6 nitrogen and oxygen atoms in total. The van der Waals surface area contributed by atoms with Crippen LogP contribution < -0.4 is 10.6 Å². The van der Waals surface area contributed by atoms with Crippen molar-refractivity contribution in [3.63, 3.8) is 0 Å². The zero-order chi connectivity index (χ0) is 14.2. The molecular formula is C13H16N2O4. The lowest BCUT2D eigenvalue weighted by molar-refractivity contribution is -0.140. The zero-order valence-corrected chi connectivity index (χ0v) is 10.5. The van der Waals surface area contributed by atoms with Crippen molar-refractivity contribution in [2.24, 2.45) is 5.73 Å². The van der Waals surface area contributed by atoms with Crippen LogP contribution in [0.5, 0.6) is 5.75 Å². The van der Waals surface area contributed by atoms with Crippen LogP contribution in [0.4, 0.5) is 5.69 Å². The number of aromatic hydroxyl groups is 1. The van der Waals surface area contributed by atoms with Crippen molar-refractivity contribution in [1.82, 2.24) is 0 Å². The lowest BCUT2D eigenvalue weighted by atomic mass is 10.1. The van der Waals surface area contributed by atoms with Gasteiger partial charge < -0.3 is 15.9 Å². The van der Waals surface area contributed by atoms with E-state index in [1.165, 1.54) is 17.0 Å². The lowest BCUT2D eigenvalue weighted by Gasteiger charge is -2.25. The second kappa shape index (κ2) is 4.89. The molecule has 1 aromatic rings. The van der Waals surface area contributed by atoms with E-state index < -0.39 is 24.0 Å². The predicted octanol–water partition coefficient (Wildman–Crippen LogP) is 0.472. The Morgan fingerprint density at radius 1 is 1.53 bits per heavy atom. The summed E-state index contributed by atoms with van der Waals surface area (Å²) in [5.74, 6) is -1.43. The normalized spacial score (nSPS) is 19.1. The fourth-order valence-corrected chi connectivity index (χ4v) is 2.26. The maximum atomic E-state index is 12.2. The maximum Gasteiger partial charge on any atom is 0.327 e. The summed E-state index contributed by atoms with van der Waals surface area (Å²) in [4.78, 5) is 24.7. The Morgan fingerprint density at radius 3 is 2.79 bits per heavy atom. The highest BCUT2D eigenvalue weighted by Gasteiger charge is 2.39. The topological polar surface area (TPSA) is 104 Å². The molecule has 0 aromatic heterocycles. The van der Waals surface area contributed by atoms with Crippen LogP contribution in [-0.4, -0.2) is 34.2 Å². The first-order chi connectivity index (χ1) is 8.95. The minimum atomic E-state index is -1.08. The van der Waals surface area contributed by atoms with Gasteiger partial charge in [-0.15, -0.1) is 0 Å². The molecule has 6 heteroatoms. The predicted molar refractivity (Wildman–Crippen MR) is 69.0 cm³/mol. The smallest absolute Gasteiger partial charge is 0.327 e. The second-order valence-electron chi connectivity index (χ2n) is 4.59. The Bertz CT molecular complexity index is 529. The first kappa shape index (κ1) is 13.4. The first-order valence-electron chi connectivity index (χ1n) is 6.09. The highest BCUT2D eigenvalue weighted by atomic mass is 16.4. The largest absolute Gasteiger partial charge is 0.508 e. The van der Waals surface area contributed by atoms with Crippen molar-refractivity contribution in [1.29, 1.82) is 0 Å². The average molecular weight is 264 g/mol. The van der Waals surface area contributed by atoms with Crippen molar-refractivity contribution in [2.75, 3.05) is 4.90 Å². The Balaban J connectivity index is 2.43. The van der Waals surface area contributed by atoms with Crippen LogP contribution in [0, 0.1) is 0 Å². The molecule has 4 N–H and O–H groups in total. The third-order valence-electron chi connectivity index (χ3n) is 3.33. The summed E-state index contributed by atoms with van der Waals surface area (Å²) in [5, 5.41) is 18.7. The van der Waals surface area contributed by atoms with Crippen LogP contribution >= 0.6 is 0 Å². The quantitative estimate of drug-likeness (QED) is 0.736. The highest BCUT2D eigenvalue weighted by Crippen LogP contribution is 2.35. The summed E-state index contributed by atoms with van der Waals surface area (Å²) in [6.45, 7) is 1.77. The van der Waals surface area contributed by atoms with Gasteiger partial charge in [0.25, 0.3) is 0 Å². The van der Waals surface area contributed by atoms with Gasteiger partial charge in [-0.1, -0.05) is 6.92 Å². The number of carbonyl (C=O) groups is 2. The van der Waals surface area contributed by atoms with Crippen molar-refractivity contribution in [3.05, 3.63) is 23.8 Å². The molecule has 0 aliphatic carbocycles. The number of phenols is 1.